The Morgan fingerprint density at radius 2 is 1.34 bits per heavy atom. The van der Waals surface area contributed by atoms with Gasteiger partial charge in [-0.1, -0.05) is 66.2 Å². The summed E-state index contributed by atoms with van der Waals surface area (Å²) in [7, 11) is -3.26. The Hall–Kier alpha value is -2.34. The highest BCUT2D eigenvalue weighted by molar-refractivity contribution is 7.92. The van der Waals surface area contributed by atoms with Crippen LogP contribution in [0.25, 0.3) is 0 Å². The molecule has 0 radical (unpaired) electrons. The first-order chi connectivity index (χ1) is 13.9. The van der Waals surface area contributed by atoms with E-state index in [1.165, 1.54) is 16.7 Å². The van der Waals surface area contributed by atoms with E-state index in [1.807, 2.05) is 30.3 Å². The van der Waals surface area contributed by atoms with Crippen molar-refractivity contribution in [1.82, 2.24) is 4.90 Å². The smallest absolute Gasteiger partial charge is 0.229 e. The molecule has 0 bridgehead atoms. The van der Waals surface area contributed by atoms with Crippen LogP contribution >= 0.6 is 11.6 Å². The van der Waals surface area contributed by atoms with E-state index in [0.717, 1.165) is 37.3 Å². The molecule has 3 aromatic carbocycles. The summed E-state index contributed by atoms with van der Waals surface area (Å²) in [5, 5.41) is 0.742. The summed E-state index contributed by atoms with van der Waals surface area (Å²) in [6.07, 6.45) is 2.03. The second kappa shape index (κ2) is 9.92. The average Bonchev–Trinajstić information content (AvgIpc) is 2.68. The molecular weight excluding hydrogens is 404 g/mol. The molecule has 4 nitrogen and oxygen atoms in total. The number of halogens is 1. The molecule has 0 aliphatic carbocycles. The van der Waals surface area contributed by atoms with Gasteiger partial charge in [0, 0.05) is 30.3 Å². The summed E-state index contributed by atoms with van der Waals surface area (Å²) in [4.78, 5) is 2.40. The summed E-state index contributed by atoms with van der Waals surface area (Å²) >= 11 is 6.02. The second-order valence-electron chi connectivity index (χ2n) is 7.14. The van der Waals surface area contributed by atoms with Gasteiger partial charge in [-0.3, -0.25) is 9.62 Å². The number of nitrogens with zero attached hydrogens (tertiary/aromatic N) is 1. The molecule has 0 aliphatic heterocycles. The third-order valence-electron chi connectivity index (χ3n) is 4.54. The first kappa shape index (κ1) is 21.4. The summed E-state index contributed by atoms with van der Waals surface area (Å²) in [6.45, 7) is 2.58. The minimum absolute atomic E-state index is 0.582. The first-order valence-corrected chi connectivity index (χ1v) is 11.7. The van der Waals surface area contributed by atoms with Crippen molar-refractivity contribution < 1.29 is 8.42 Å². The molecular formula is C23H25ClN2O2S. The average molecular weight is 429 g/mol. The highest BCUT2D eigenvalue weighted by Gasteiger charge is 2.09. The van der Waals surface area contributed by atoms with Crippen LogP contribution in [0.15, 0.2) is 78.9 Å². The van der Waals surface area contributed by atoms with Gasteiger partial charge in [0.1, 0.15) is 0 Å². The monoisotopic (exact) mass is 428 g/mol. The van der Waals surface area contributed by atoms with E-state index in [4.69, 9.17) is 11.6 Å². The zero-order chi connectivity index (χ0) is 20.7. The maximum absolute atomic E-state index is 11.3. The number of benzene rings is 3. The maximum Gasteiger partial charge on any atom is 0.229 e. The van der Waals surface area contributed by atoms with Gasteiger partial charge in [0.05, 0.1) is 6.26 Å². The lowest BCUT2D eigenvalue weighted by Crippen LogP contribution is -2.25. The summed E-state index contributed by atoms with van der Waals surface area (Å²) in [5.41, 5.74) is 4.24. The van der Waals surface area contributed by atoms with Gasteiger partial charge in [-0.2, -0.15) is 0 Å². The lowest BCUT2D eigenvalue weighted by molar-refractivity contribution is 0.260. The van der Waals surface area contributed by atoms with E-state index in [2.05, 4.69) is 46.0 Å². The van der Waals surface area contributed by atoms with Crippen molar-refractivity contribution in [1.29, 1.82) is 0 Å². The normalized spacial score (nSPS) is 11.6. The van der Waals surface area contributed by atoms with Crippen LogP contribution in [0.2, 0.25) is 5.02 Å². The highest BCUT2D eigenvalue weighted by Crippen LogP contribution is 2.16. The van der Waals surface area contributed by atoms with Crippen LogP contribution in [0, 0.1) is 0 Å². The lowest BCUT2D eigenvalue weighted by Gasteiger charge is -2.23. The fourth-order valence-electron chi connectivity index (χ4n) is 3.14. The van der Waals surface area contributed by atoms with Crippen LogP contribution in [-0.4, -0.2) is 26.1 Å². The van der Waals surface area contributed by atoms with Crippen molar-refractivity contribution in [2.75, 3.05) is 17.5 Å². The molecule has 0 saturated heterocycles. The van der Waals surface area contributed by atoms with E-state index in [1.54, 1.807) is 12.1 Å². The number of anilines is 1. The molecule has 6 heteroatoms. The molecule has 3 aromatic rings. The van der Waals surface area contributed by atoms with Gasteiger partial charge in [0.15, 0.2) is 0 Å². The molecule has 152 valence electrons. The van der Waals surface area contributed by atoms with Crippen molar-refractivity contribution in [2.24, 2.45) is 0 Å². The van der Waals surface area contributed by atoms with Crippen LogP contribution in [0.4, 0.5) is 5.69 Å². The van der Waals surface area contributed by atoms with Gasteiger partial charge >= 0.3 is 0 Å². The number of hydrogen-bond donors (Lipinski definition) is 1. The van der Waals surface area contributed by atoms with Crippen LogP contribution in [0.5, 0.6) is 0 Å². The van der Waals surface area contributed by atoms with Gasteiger partial charge in [0.2, 0.25) is 10.0 Å². The van der Waals surface area contributed by atoms with E-state index in [-0.39, 0.29) is 0 Å². The Kier molecular flexibility index (Phi) is 7.31. The second-order valence-corrected chi connectivity index (χ2v) is 9.33. The molecule has 0 fully saturated rings. The minimum atomic E-state index is -3.26. The van der Waals surface area contributed by atoms with Gasteiger partial charge in [-0.05, 0) is 47.4 Å². The van der Waals surface area contributed by atoms with Gasteiger partial charge in [-0.25, -0.2) is 8.42 Å². The molecule has 0 spiro atoms. The van der Waals surface area contributed by atoms with Crippen LogP contribution < -0.4 is 4.72 Å². The standard InChI is InChI=1S/C23H25ClN2O2S/c1-29(27,28)25-23-13-9-19(10-14-23)15-16-26(17-20-5-3-2-4-6-20)18-21-7-11-22(24)12-8-21/h2-14,25H,15-18H2,1H3. The van der Waals surface area contributed by atoms with Gasteiger partial charge < -0.3 is 0 Å². The first-order valence-electron chi connectivity index (χ1n) is 9.45. The van der Waals surface area contributed by atoms with Gasteiger partial charge in [-0.15, -0.1) is 0 Å². The largest absolute Gasteiger partial charge is 0.295 e. The molecule has 3 rings (SSSR count). The lowest BCUT2D eigenvalue weighted by atomic mass is 10.1. The Labute approximate surface area is 178 Å². The molecule has 1 N–H and O–H groups in total. The predicted molar refractivity (Wildman–Crippen MR) is 121 cm³/mol. The minimum Gasteiger partial charge on any atom is -0.295 e. The van der Waals surface area contributed by atoms with Crippen molar-refractivity contribution in [3.63, 3.8) is 0 Å². The Balaban J connectivity index is 1.66. The van der Waals surface area contributed by atoms with E-state index in [9.17, 15) is 8.42 Å². The fraction of sp³-hybridized carbons (Fsp3) is 0.217. The summed E-state index contributed by atoms with van der Waals surface area (Å²) < 4.78 is 25.2. The Bertz CT molecular complexity index is 1010. The van der Waals surface area contributed by atoms with Crippen molar-refractivity contribution in [3.8, 4) is 0 Å². The number of rotatable bonds is 9. The SMILES string of the molecule is CS(=O)(=O)Nc1ccc(CCN(Cc2ccccc2)Cc2ccc(Cl)cc2)cc1. The summed E-state index contributed by atoms with van der Waals surface area (Å²) in [6, 6.07) is 25.9. The Morgan fingerprint density at radius 3 is 1.93 bits per heavy atom. The van der Waals surface area contributed by atoms with Crippen LogP contribution in [-0.2, 0) is 29.5 Å². The predicted octanol–water partition coefficient (Wildman–Crippen LogP) is 4.96. The topological polar surface area (TPSA) is 49.4 Å². The fourth-order valence-corrected chi connectivity index (χ4v) is 3.83. The molecule has 29 heavy (non-hydrogen) atoms. The van der Waals surface area contributed by atoms with E-state index < -0.39 is 10.0 Å². The number of nitrogens with one attached hydrogen (secondary N) is 1. The third-order valence-corrected chi connectivity index (χ3v) is 5.40. The molecule has 0 aromatic heterocycles. The molecule has 0 heterocycles. The quantitative estimate of drug-likeness (QED) is 0.524. The molecule has 0 unspecified atom stereocenters. The van der Waals surface area contributed by atoms with Crippen LogP contribution in [0.1, 0.15) is 16.7 Å². The van der Waals surface area contributed by atoms with Crippen molar-refractivity contribution >= 4 is 27.3 Å². The summed E-state index contributed by atoms with van der Waals surface area (Å²) in [5.74, 6) is 0. The van der Waals surface area contributed by atoms with Gasteiger partial charge in [0.25, 0.3) is 0 Å². The zero-order valence-corrected chi connectivity index (χ0v) is 18.0. The van der Waals surface area contributed by atoms with E-state index in [0.29, 0.717) is 5.69 Å². The highest BCUT2D eigenvalue weighted by atomic mass is 35.5. The van der Waals surface area contributed by atoms with Crippen molar-refractivity contribution in [2.45, 2.75) is 19.5 Å². The number of hydrogen-bond acceptors (Lipinski definition) is 3. The van der Waals surface area contributed by atoms with E-state index >= 15 is 0 Å². The number of sulfonamides is 1. The molecule has 0 amide bonds. The van der Waals surface area contributed by atoms with Crippen molar-refractivity contribution in [3.05, 3.63) is 101 Å². The van der Waals surface area contributed by atoms with Crippen LogP contribution in [0.3, 0.4) is 0 Å². The molecule has 0 aliphatic rings. The third kappa shape index (κ3) is 7.54. The molecule has 0 atom stereocenters. The maximum atomic E-state index is 11.3. The molecule has 0 saturated carbocycles. The zero-order valence-electron chi connectivity index (χ0n) is 16.4. The Morgan fingerprint density at radius 1 is 0.793 bits per heavy atom.